The van der Waals surface area contributed by atoms with Crippen molar-refractivity contribution in [2.45, 2.75) is 17.9 Å². The predicted octanol–water partition coefficient (Wildman–Crippen LogP) is -0.366. The fourth-order valence-electron chi connectivity index (χ4n) is 1.58. The van der Waals surface area contributed by atoms with Crippen LogP contribution in [0.25, 0.3) is 0 Å². The van der Waals surface area contributed by atoms with Crippen LogP contribution < -0.4 is 20.9 Å². The van der Waals surface area contributed by atoms with E-state index in [4.69, 9.17) is 17.0 Å². The Balaban J connectivity index is 2.40. The Hall–Kier alpha value is -1.82. The number of amides is 1. The molecule has 0 bridgehead atoms. The molecule has 4 N–H and O–H groups in total. The van der Waals surface area contributed by atoms with Gasteiger partial charge < -0.3 is 10.1 Å². The number of methoxy groups -OCH3 is 1. The molecule has 1 aromatic carbocycles. The zero-order valence-corrected chi connectivity index (χ0v) is 14.8. The summed E-state index contributed by atoms with van der Waals surface area (Å²) in [5, 5.41) is 3.01. The van der Waals surface area contributed by atoms with E-state index >= 15 is 0 Å². The van der Waals surface area contributed by atoms with Crippen molar-refractivity contribution in [3.05, 3.63) is 30.1 Å². The molecule has 24 heavy (non-hydrogen) atoms. The van der Waals surface area contributed by atoms with Crippen molar-refractivity contribution in [2.75, 3.05) is 20.3 Å². The molecular formula is C13H19FN4O4S2. The number of carbonyl (C=O) groups excluding carboxylic acids is 1. The van der Waals surface area contributed by atoms with Crippen molar-refractivity contribution in [2.24, 2.45) is 0 Å². The average molecular weight is 378 g/mol. The van der Waals surface area contributed by atoms with Gasteiger partial charge in [-0.1, -0.05) is 0 Å². The third-order valence-corrected chi connectivity index (χ3v) is 4.29. The molecule has 8 nitrogen and oxygen atoms in total. The van der Waals surface area contributed by atoms with E-state index in [1.54, 1.807) is 7.11 Å². The van der Waals surface area contributed by atoms with Gasteiger partial charge in [-0.3, -0.25) is 15.6 Å². The summed E-state index contributed by atoms with van der Waals surface area (Å²) in [5.41, 5.74) is 4.68. The van der Waals surface area contributed by atoms with Crippen LogP contribution in [0.3, 0.4) is 0 Å². The summed E-state index contributed by atoms with van der Waals surface area (Å²) in [7, 11) is -2.36. The van der Waals surface area contributed by atoms with Crippen molar-refractivity contribution in [3.8, 4) is 0 Å². The Kier molecular flexibility index (Phi) is 7.98. The molecule has 0 unspecified atom stereocenters. The number of benzene rings is 1. The fraction of sp³-hybridized carbons (Fsp3) is 0.385. The van der Waals surface area contributed by atoms with E-state index in [9.17, 15) is 17.6 Å². The number of hydrogen-bond donors (Lipinski definition) is 4. The summed E-state index contributed by atoms with van der Waals surface area (Å²) >= 11 is 4.94. The number of rotatable bonds is 7. The van der Waals surface area contributed by atoms with Crippen LogP contribution in [0, 0.1) is 5.82 Å². The molecule has 0 aliphatic rings. The van der Waals surface area contributed by atoms with E-state index in [2.05, 4.69) is 20.9 Å². The number of hydrazine groups is 1. The number of sulfonamides is 1. The maximum Gasteiger partial charge on any atom is 0.253 e. The van der Waals surface area contributed by atoms with E-state index in [-0.39, 0.29) is 16.0 Å². The molecule has 0 aromatic heterocycles. The van der Waals surface area contributed by atoms with Crippen molar-refractivity contribution >= 4 is 33.3 Å². The Bertz CT molecular complexity index is 667. The van der Waals surface area contributed by atoms with Crippen LogP contribution in [-0.2, 0) is 19.6 Å². The molecule has 1 aromatic rings. The van der Waals surface area contributed by atoms with Crippen molar-refractivity contribution in [1.29, 1.82) is 0 Å². The van der Waals surface area contributed by atoms with E-state index in [1.807, 2.05) is 6.92 Å². The Morgan fingerprint density at radius 1 is 1.29 bits per heavy atom. The van der Waals surface area contributed by atoms with Crippen LogP contribution in [0.5, 0.6) is 0 Å². The van der Waals surface area contributed by atoms with Crippen LogP contribution >= 0.6 is 12.2 Å². The number of thiocarbonyl (C=S) groups is 1. The fourth-order valence-corrected chi connectivity index (χ4v) is 2.81. The second-order valence-electron chi connectivity index (χ2n) is 4.78. The van der Waals surface area contributed by atoms with Crippen LogP contribution in [0.1, 0.15) is 6.92 Å². The van der Waals surface area contributed by atoms with Gasteiger partial charge in [0.05, 0.1) is 18.0 Å². The highest BCUT2D eigenvalue weighted by Gasteiger charge is 2.15. The molecule has 0 saturated heterocycles. The first-order chi connectivity index (χ1) is 11.2. The van der Waals surface area contributed by atoms with Gasteiger partial charge in [0.25, 0.3) is 5.91 Å². The van der Waals surface area contributed by atoms with Gasteiger partial charge >= 0.3 is 0 Å². The topological polar surface area (TPSA) is 109 Å². The van der Waals surface area contributed by atoms with Gasteiger partial charge in [-0.05, 0) is 43.4 Å². The lowest BCUT2D eigenvalue weighted by molar-refractivity contribution is -0.120. The summed E-state index contributed by atoms with van der Waals surface area (Å²) < 4.78 is 43.6. The van der Waals surface area contributed by atoms with E-state index in [0.717, 1.165) is 24.3 Å². The number of halogens is 1. The van der Waals surface area contributed by atoms with Crippen molar-refractivity contribution in [3.63, 3.8) is 0 Å². The SMILES string of the molecule is COC[C@@H](C)NC(=S)NNC(=O)CNS(=O)(=O)c1ccc(F)cc1. The molecular weight excluding hydrogens is 359 g/mol. The first-order valence-corrected chi connectivity index (χ1v) is 8.73. The highest BCUT2D eigenvalue weighted by Crippen LogP contribution is 2.08. The second-order valence-corrected chi connectivity index (χ2v) is 6.96. The molecule has 1 atom stereocenters. The highest BCUT2D eigenvalue weighted by molar-refractivity contribution is 7.89. The number of hydrogen-bond acceptors (Lipinski definition) is 5. The van der Waals surface area contributed by atoms with Crippen molar-refractivity contribution in [1.82, 2.24) is 20.9 Å². The second kappa shape index (κ2) is 9.47. The number of ether oxygens (including phenoxy) is 1. The maximum absolute atomic E-state index is 12.8. The zero-order chi connectivity index (χ0) is 18.2. The van der Waals surface area contributed by atoms with E-state index in [0.29, 0.717) is 6.61 Å². The van der Waals surface area contributed by atoms with Crippen LogP contribution in [0.15, 0.2) is 29.2 Å². The Morgan fingerprint density at radius 3 is 2.50 bits per heavy atom. The molecule has 0 fully saturated rings. The zero-order valence-electron chi connectivity index (χ0n) is 13.1. The molecule has 1 rings (SSSR count). The lowest BCUT2D eigenvalue weighted by atomic mass is 10.4. The minimum absolute atomic E-state index is 0.0659. The maximum atomic E-state index is 12.8. The molecule has 0 radical (unpaired) electrons. The summed E-state index contributed by atoms with van der Waals surface area (Å²) in [6.07, 6.45) is 0. The Morgan fingerprint density at radius 2 is 1.92 bits per heavy atom. The normalized spacial score (nSPS) is 12.3. The molecule has 0 aliphatic heterocycles. The Labute approximate surface area is 145 Å². The van der Waals surface area contributed by atoms with Crippen LogP contribution in [0.4, 0.5) is 4.39 Å². The minimum atomic E-state index is -3.91. The smallest absolute Gasteiger partial charge is 0.253 e. The van der Waals surface area contributed by atoms with Crippen LogP contribution in [0.2, 0.25) is 0 Å². The standard InChI is InChI=1S/C13H19FN4O4S2/c1-9(8-22-2)16-13(23)18-17-12(19)7-15-24(20,21)11-5-3-10(14)4-6-11/h3-6,9,15H,7-8H2,1-2H3,(H,17,19)(H2,16,18,23)/t9-/m1/s1. The monoisotopic (exact) mass is 378 g/mol. The molecule has 11 heteroatoms. The summed E-state index contributed by atoms with van der Waals surface area (Å²) in [6.45, 7) is 1.74. The lowest BCUT2D eigenvalue weighted by Gasteiger charge is -2.16. The number of nitrogens with one attached hydrogen (secondary N) is 4. The molecule has 0 heterocycles. The van der Waals surface area contributed by atoms with Crippen LogP contribution in [-0.4, -0.2) is 45.7 Å². The first-order valence-electron chi connectivity index (χ1n) is 6.84. The van der Waals surface area contributed by atoms with Gasteiger partial charge in [-0.2, -0.15) is 0 Å². The summed E-state index contributed by atoms with van der Waals surface area (Å²) in [5.74, 6) is -1.20. The number of carbonyl (C=O) groups is 1. The quantitative estimate of drug-likeness (QED) is 0.379. The minimum Gasteiger partial charge on any atom is -0.383 e. The molecule has 0 aliphatic carbocycles. The first kappa shape index (κ1) is 20.2. The highest BCUT2D eigenvalue weighted by atomic mass is 32.2. The van der Waals surface area contributed by atoms with Gasteiger partial charge in [-0.25, -0.2) is 17.5 Å². The van der Waals surface area contributed by atoms with Gasteiger partial charge in [0, 0.05) is 13.2 Å². The predicted molar refractivity (Wildman–Crippen MR) is 89.9 cm³/mol. The summed E-state index contributed by atoms with van der Waals surface area (Å²) in [6, 6.07) is 4.17. The third-order valence-electron chi connectivity index (χ3n) is 2.66. The summed E-state index contributed by atoms with van der Waals surface area (Å²) in [4.78, 5) is 11.5. The molecule has 134 valence electrons. The van der Waals surface area contributed by atoms with E-state index < -0.39 is 28.3 Å². The largest absolute Gasteiger partial charge is 0.383 e. The van der Waals surface area contributed by atoms with E-state index in [1.165, 1.54) is 0 Å². The van der Waals surface area contributed by atoms with Gasteiger partial charge in [0.15, 0.2) is 5.11 Å². The van der Waals surface area contributed by atoms with Crippen molar-refractivity contribution < 1.29 is 22.3 Å². The van der Waals surface area contributed by atoms with Gasteiger partial charge in [-0.15, -0.1) is 0 Å². The third kappa shape index (κ3) is 7.17. The lowest BCUT2D eigenvalue weighted by Crippen LogP contribution is -2.51. The molecule has 1 amide bonds. The van der Waals surface area contributed by atoms with Gasteiger partial charge in [0.1, 0.15) is 5.82 Å². The van der Waals surface area contributed by atoms with Gasteiger partial charge in [0.2, 0.25) is 10.0 Å². The molecule has 0 saturated carbocycles. The molecule has 0 spiro atoms. The average Bonchev–Trinajstić information content (AvgIpc) is 2.51.